The van der Waals surface area contributed by atoms with Gasteiger partial charge in [0.1, 0.15) is 5.82 Å². The van der Waals surface area contributed by atoms with Gasteiger partial charge in [-0.2, -0.15) is 5.26 Å². The first-order valence-corrected chi connectivity index (χ1v) is 9.11. The van der Waals surface area contributed by atoms with Gasteiger partial charge in [-0.05, 0) is 36.6 Å². The third-order valence-corrected chi connectivity index (χ3v) is 5.03. The molecule has 138 valence electrons. The van der Waals surface area contributed by atoms with Crippen LogP contribution in [0.15, 0.2) is 60.8 Å². The molecule has 1 aromatic rings. The van der Waals surface area contributed by atoms with Crippen molar-refractivity contribution in [2.45, 2.75) is 25.4 Å². The first-order chi connectivity index (χ1) is 13.2. The van der Waals surface area contributed by atoms with Crippen LogP contribution in [-0.2, 0) is 6.54 Å². The van der Waals surface area contributed by atoms with Crippen molar-refractivity contribution in [2.24, 2.45) is 5.73 Å². The van der Waals surface area contributed by atoms with Crippen molar-refractivity contribution in [3.63, 3.8) is 0 Å². The molecule has 3 aliphatic heterocycles. The summed E-state index contributed by atoms with van der Waals surface area (Å²) in [5.74, 6) is 0.819. The first kappa shape index (κ1) is 17.2. The Labute approximate surface area is 158 Å². The average Bonchev–Trinajstić information content (AvgIpc) is 2.70. The van der Waals surface area contributed by atoms with Gasteiger partial charge in [0, 0.05) is 31.5 Å². The van der Waals surface area contributed by atoms with Gasteiger partial charge in [0.05, 0.1) is 24.4 Å². The van der Waals surface area contributed by atoms with E-state index < -0.39 is 0 Å². The standard InChI is InChI=1S/C20H22N6O/c21-12-16-6-1-2-7-17(16)13-25-19(23-9-5-8-18(22)14-23)15-24-10-3-4-11-26(24)20(25)27/h1-4,6-7,10-11,15,18H,5,8-9,13-14,22H2/t18-/m1/s1. The summed E-state index contributed by atoms with van der Waals surface area (Å²) in [6, 6.07) is 9.55. The highest BCUT2D eigenvalue weighted by molar-refractivity contribution is 5.78. The molecule has 0 unspecified atom stereocenters. The molecule has 7 heteroatoms. The fourth-order valence-electron chi connectivity index (χ4n) is 3.65. The molecule has 0 aliphatic carbocycles. The first-order valence-electron chi connectivity index (χ1n) is 9.11. The molecule has 0 saturated carbocycles. The van der Waals surface area contributed by atoms with Crippen molar-refractivity contribution >= 4 is 6.03 Å². The number of hydrogen-bond donors (Lipinski definition) is 1. The van der Waals surface area contributed by atoms with Crippen LogP contribution >= 0.6 is 0 Å². The van der Waals surface area contributed by atoms with Crippen molar-refractivity contribution in [2.75, 3.05) is 13.1 Å². The molecule has 3 aliphatic rings. The number of nitrogens with two attached hydrogens (primary N) is 1. The van der Waals surface area contributed by atoms with Crippen LogP contribution in [0, 0.1) is 11.3 Å². The molecule has 1 saturated heterocycles. The summed E-state index contributed by atoms with van der Waals surface area (Å²) >= 11 is 0. The van der Waals surface area contributed by atoms with E-state index in [1.807, 2.05) is 42.8 Å². The second-order valence-electron chi connectivity index (χ2n) is 6.88. The number of likely N-dealkylation sites (tertiary alicyclic amines) is 1. The van der Waals surface area contributed by atoms with E-state index in [0.29, 0.717) is 18.7 Å². The molecule has 27 heavy (non-hydrogen) atoms. The quantitative estimate of drug-likeness (QED) is 0.892. The fraction of sp³-hybridized carbons (Fsp3) is 0.300. The summed E-state index contributed by atoms with van der Waals surface area (Å²) in [6.45, 7) is 1.90. The van der Waals surface area contributed by atoms with E-state index in [0.717, 1.165) is 30.8 Å². The normalized spacial score (nSPS) is 21.9. The van der Waals surface area contributed by atoms with Crippen molar-refractivity contribution in [3.8, 4) is 6.07 Å². The average molecular weight is 362 g/mol. The molecular weight excluding hydrogens is 340 g/mol. The predicted octanol–water partition coefficient (Wildman–Crippen LogP) is 2.28. The fourth-order valence-corrected chi connectivity index (χ4v) is 3.65. The number of piperidine rings is 1. The van der Waals surface area contributed by atoms with E-state index in [1.54, 1.807) is 27.2 Å². The number of fused-ring (bicyclic) bond motifs is 1. The molecule has 0 spiro atoms. The summed E-state index contributed by atoms with van der Waals surface area (Å²) in [4.78, 5) is 17.1. The lowest BCUT2D eigenvalue weighted by Gasteiger charge is -2.45. The lowest BCUT2D eigenvalue weighted by Crippen LogP contribution is -2.55. The van der Waals surface area contributed by atoms with E-state index >= 15 is 0 Å². The zero-order valence-corrected chi connectivity index (χ0v) is 15.0. The number of hydrogen-bond acceptors (Lipinski definition) is 5. The number of urea groups is 1. The van der Waals surface area contributed by atoms with Crippen molar-refractivity contribution in [1.82, 2.24) is 19.8 Å². The predicted molar refractivity (Wildman–Crippen MR) is 101 cm³/mol. The number of carbonyl (C=O) groups excluding carboxylic acids is 1. The molecule has 0 bridgehead atoms. The van der Waals surface area contributed by atoms with E-state index in [9.17, 15) is 10.1 Å². The van der Waals surface area contributed by atoms with E-state index in [-0.39, 0.29) is 12.1 Å². The molecule has 1 fully saturated rings. The van der Waals surface area contributed by atoms with Crippen LogP contribution in [0.1, 0.15) is 24.0 Å². The zero-order chi connectivity index (χ0) is 18.8. The SMILES string of the molecule is N#Cc1ccccc1CN1C(=O)N2C=CC=CN2C=C1N1CCC[C@@H](N)C1. The van der Waals surface area contributed by atoms with E-state index in [1.165, 1.54) is 0 Å². The van der Waals surface area contributed by atoms with Crippen molar-refractivity contribution in [1.29, 1.82) is 5.26 Å². The van der Waals surface area contributed by atoms with Crippen LogP contribution in [0.2, 0.25) is 0 Å². The van der Waals surface area contributed by atoms with Crippen LogP contribution in [0.4, 0.5) is 4.79 Å². The van der Waals surface area contributed by atoms with Crippen LogP contribution in [-0.4, -0.2) is 45.0 Å². The van der Waals surface area contributed by atoms with Crippen LogP contribution in [0.25, 0.3) is 0 Å². The van der Waals surface area contributed by atoms with Crippen molar-refractivity contribution in [3.05, 3.63) is 72.0 Å². The summed E-state index contributed by atoms with van der Waals surface area (Å²) in [7, 11) is 0. The lowest BCUT2D eigenvalue weighted by atomic mass is 10.1. The van der Waals surface area contributed by atoms with Gasteiger partial charge in [0.2, 0.25) is 0 Å². The summed E-state index contributed by atoms with van der Waals surface area (Å²) in [6.07, 6.45) is 11.2. The topological polar surface area (TPSA) is 79.8 Å². The maximum Gasteiger partial charge on any atom is 0.349 e. The molecule has 1 aromatic carbocycles. The minimum Gasteiger partial charge on any atom is -0.355 e. The number of nitriles is 1. The van der Waals surface area contributed by atoms with Crippen LogP contribution < -0.4 is 5.73 Å². The molecule has 0 aromatic heterocycles. The number of rotatable bonds is 3. The Morgan fingerprint density at radius 1 is 1.22 bits per heavy atom. The molecule has 4 rings (SSSR count). The Morgan fingerprint density at radius 2 is 2.04 bits per heavy atom. The van der Waals surface area contributed by atoms with Gasteiger partial charge in [-0.25, -0.2) is 9.80 Å². The second kappa shape index (κ2) is 7.17. The molecule has 2 amide bonds. The largest absolute Gasteiger partial charge is 0.355 e. The molecule has 3 heterocycles. The number of hydrazine groups is 1. The van der Waals surface area contributed by atoms with E-state index in [4.69, 9.17) is 5.73 Å². The number of nitrogens with zero attached hydrogens (tertiary/aromatic N) is 5. The Hall–Kier alpha value is -3.24. The van der Waals surface area contributed by atoms with E-state index in [2.05, 4.69) is 11.0 Å². The van der Waals surface area contributed by atoms with Crippen LogP contribution in [0.3, 0.4) is 0 Å². The Kier molecular flexibility index (Phi) is 4.57. The highest BCUT2D eigenvalue weighted by Gasteiger charge is 2.35. The third kappa shape index (κ3) is 3.27. The molecular formula is C20H22N6O. The molecule has 2 N–H and O–H groups in total. The number of carbonyl (C=O) groups is 1. The van der Waals surface area contributed by atoms with Gasteiger partial charge in [0.25, 0.3) is 0 Å². The third-order valence-electron chi connectivity index (χ3n) is 5.03. The monoisotopic (exact) mass is 362 g/mol. The Bertz CT molecular complexity index is 867. The van der Waals surface area contributed by atoms with Gasteiger partial charge in [-0.15, -0.1) is 0 Å². The molecule has 1 atom stereocenters. The van der Waals surface area contributed by atoms with Gasteiger partial charge in [-0.3, -0.25) is 9.91 Å². The maximum atomic E-state index is 13.2. The summed E-state index contributed by atoms with van der Waals surface area (Å²) < 4.78 is 0. The zero-order valence-electron chi connectivity index (χ0n) is 15.0. The van der Waals surface area contributed by atoms with Gasteiger partial charge in [0.15, 0.2) is 0 Å². The van der Waals surface area contributed by atoms with Gasteiger partial charge in [-0.1, -0.05) is 18.2 Å². The minimum absolute atomic E-state index is 0.0952. The smallest absolute Gasteiger partial charge is 0.349 e. The molecule has 7 nitrogen and oxygen atoms in total. The van der Waals surface area contributed by atoms with Crippen LogP contribution in [0.5, 0.6) is 0 Å². The number of benzene rings is 1. The second-order valence-corrected chi connectivity index (χ2v) is 6.88. The highest BCUT2D eigenvalue weighted by atomic mass is 16.2. The summed E-state index contributed by atoms with van der Waals surface area (Å²) in [5, 5.41) is 12.8. The molecule has 0 radical (unpaired) electrons. The van der Waals surface area contributed by atoms with Gasteiger partial charge >= 0.3 is 6.03 Å². The van der Waals surface area contributed by atoms with Gasteiger partial charge < -0.3 is 10.6 Å². The number of allylic oxidation sites excluding steroid dienone is 2. The van der Waals surface area contributed by atoms with Crippen molar-refractivity contribution < 1.29 is 4.79 Å². The summed E-state index contributed by atoms with van der Waals surface area (Å²) in [5.41, 5.74) is 7.58. The Balaban J connectivity index is 1.71. The minimum atomic E-state index is -0.153. The maximum absolute atomic E-state index is 13.2. The highest BCUT2D eigenvalue weighted by Crippen LogP contribution is 2.28. The number of amides is 2. The lowest BCUT2D eigenvalue weighted by molar-refractivity contribution is 0.0687. The Morgan fingerprint density at radius 3 is 2.85 bits per heavy atom.